The van der Waals surface area contributed by atoms with Crippen LogP contribution in [0.2, 0.25) is 0 Å². The monoisotopic (exact) mass is 612 g/mol. The molecule has 0 saturated carbocycles. The Kier molecular flexibility index (Phi) is 26.1. The van der Waals surface area contributed by atoms with Crippen molar-refractivity contribution in [2.45, 2.75) is 148 Å². The fourth-order valence-electron chi connectivity index (χ4n) is 5.18. The fraction of sp³-hybridized carbons (Fsp3) is 0.590. The molecule has 0 radical (unpaired) electrons. The summed E-state index contributed by atoms with van der Waals surface area (Å²) in [5.41, 5.74) is 2.54. The third kappa shape index (κ3) is 22.4. The van der Waals surface area contributed by atoms with Crippen LogP contribution in [-0.2, 0) is 16.5 Å². The van der Waals surface area contributed by atoms with Gasteiger partial charge in [0.05, 0.1) is 17.6 Å². The van der Waals surface area contributed by atoms with E-state index in [-0.39, 0.29) is 16.5 Å². The Bertz CT molecular complexity index is 972. The minimum absolute atomic E-state index is 0. The maximum atomic E-state index is 4.69. The van der Waals surface area contributed by atoms with Crippen molar-refractivity contribution < 1.29 is 16.5 Å². The molecule has 0 N–H and O–H groups in total. The van der Waals surface area contributed by atoms with Gasteiger partial charge in [-0.2, -0.15) is 0 Å². The largest absolute Gasteiger partial charge is 0.254 e. The molecule has 0 saturated heterocycles. The Morgan fingerprint density at radius 1 is 0.524 bits per heavy atom. The first-order valence-electron chi connectivity index (χ1n) is 17.1. The van der Waals surface area contributed by atoms with E-state index in [0.717, 1.165) is 17.8 Å². The molecule has 0 unspecified atom stereocenters. The zero-order valence-corrected chi connectivity index (χ0v) is 27.6. The van der Waals surface area contributed by atoms with Gasteiger partial charge in [-0.1, -0.05) is 178 Å². The molecule has 2 rings (SSSR count). The van der Waals surface area contributed by atoms with Crippen LogP contribution in [0.4, 0.5) is 11.4 Å². The van der Waals surface area contributed by atoms with Gasteiger partial charge < -0.3 is 0 Å². The number of hydrogen-bond donors (Lipinski definition) is 0. The van der Waals surface area contributed by atoms with Crippen molar-refractivity contribution in [3.8, 4) is 11.8 Å². The van der Waals surface area contributed by atoms with Gasteiger partial charge in [-0.3, -0.25) is 4.99 Å². The molecule has 0 fully saturated rings. The third-order valence-electron chi connectivity index (χ3n) is 7.72. The van der Waals surface area contributed by atoms with Crippen molar-refractivity contribution in [1.82, 2.24) is 0 Å². The summed E-state index contributed by atoms with van der Waals surface area (Å²) >= 11 is 0. The quantitative estimate of drug-likeness (QED) is 0.0487. The van der Waals surface area contributed by atoms with E-state index >= 15 is 0 Å². The van der Waals surface area contributed by atoms with Gasteiger partial charge in [-0.05, 0) is 36.6 Å². The number of benzene rings is 2. The SMILES string of the molecule is CCCCCCCCCCCCCCCCCCCCCCCC#CC(/C=N/c1ccccc1)=N\c1ccccc1.[Ni]. The van der Waals surface area contributed by atoms with Crippen molar-refractivity contribution >= 4 is 23.3 Å². The van der Waals surface area contributed by atoms with Crippen LogP contribution in [-0.4, -0.2) is 11.9 Å². The molecule has 0 spiro atoms. The Hall–Kier alpha value is -2.17. The van der Waals surface area contributed by atoms with Gasteiger partial charge in [0.15, 0.2) is 0 Å². The predicted octanol–water partition coefficient (Wildman–Crippen LogP) is 12.8. The Morgan fingerprint density at radius 3 is 1.33 bits per heavy atom. The summed E-state index contributed by atoms with van der Waals surface area (Å²) in [6, 6.07) is 20.0. The first kappa shape index (κ1) is 37.9. The van der Waals surface area contributed by atoms with E-state index in [9.17, 15) is 0 Å². The van der Waals surface area contributed by atoms with Crippen molar-refractivity contribution in [3.05, 3.63) is 60.7 Å². The van der Waals surface area contributed by atoms with E-state index < -0.39 is 0 Å². The third-order valence-corrected chi connectivity index (χ3v) is 7.72. The van der Waals surface area contributed by atoms with Gasteiger partial charge >= 0.3 is 0 Å². The van der Waals surface area contributed by atoms with Gasteiger partial charge in [-0.15, -0.1) is 0 Å². The van der Waals surface area contributed by atoms with E-state index in [1.807, 2.05) is 60.7 Å². The maximum Gasteiger partial charge on any atom is 0.132 e. The smallest absolute Gasteiger partial charge is 0.132 e. The van der Waals surface area contributed by atoms with Crippen molar-refractivity contribution in [3.63, 3.8) is 0 Å². The molecular weight excluding hydrogens is 555 g/mol. The molecule has 0 bridgehead atoms. The molecule has 0 aliphatic heterocycles. The van der Waals surface area contributed by atoms with Gasteiger partial charge in [0, 0.05) is 22.9 Å². The summed E-state index contributed by atoms with van der Waals surface area (Å²) in [6.07, 6.45) is 32.4. The summed E-state index contributed by atoms with van der Waals surface area (Å²) in [7, 11) is 0. The van der Waals surface area contributed by atoms with Crippen LogP contribution in [0, 0.1) is 11.8 Å². The summed E-state index contributed by atoms with van der Waals surface area (Å²) in [5, 5.41) is 0. The number of para-hydroxylation sites is 2. The van der Waals surface area contributed by atoms with E-state index in [4.69, 9.17) is 4.99 Å². The number of hydrogen-bond acceptors (Lipinski definition) is 2. The van der Waals surface area contributed by atoms with Crippen molar-refractivity contribution in [2.75, 3.05) is 0 Å². The molecule has 2 nitrogen and oxygen atoms in total. The van der Waals surface area contributed by atoms with Crippen LogP contribution in [0.5, 0.6) is 0 Å². The molecule has 0 aliphatic carbocycles. The van der Waals surface area contributed by atoms with Gasteiger partial charge in [0.2, 0.25) is 0 Å². The minimum atomic E-state index is 0. The van der Waals surface area contributed by atoms with Crippen LogP contribution >= 0.6 is 0 Å². The van der Waals surface area contributed by atoms with E-state index in [1.165, 1.54) is 135 Å². The Morgan fingerprint density at radius 2 is 0.905 bits per heavy atom. The van der Waals surface area contributed by atoms with Gasteiger partial charge in [0.1, 0.15) is 5.71 Å². The van der Waals surface area contributed by atoms with Crippen LogP contribution in [0.15, 0.2) is 70.6 Å². The first-order valence-corrected chi connectivity index (χ1v) is 17.1. The molecule has 3 heteroatoms. The fourth-order valence-corrected chi connectivity index (χ4v) is 5.18. The molecule has 0 aromatic heterocycles. The van der Waals surface area contributed by atoms with Crippen molar-refractivity contribution in [1.29, 1.82) is 0 Å². The van der Waals surface area contributed by atoms with Crippen LogP contribution in [0.25, 0.3) is 0 Å². The topological polar surface area (TPSA) is 24.7 Å². The number of rotatable bonds is 24. The molecule has 2 aromatic rings. The summed E-state index contributed by atoms with van der Waals surface area (Å²) in [5.74, 6) is 6.58. The zero-order chi connectivity index (χ0) is 28.9. The van der Waals surface area contributed by atoms with E-state index in [0.29, 0.717) is 5.71 Å². The molecule has 0 heterocycles. The summed E-state index contributed by atoms with van der Waals surface area (Å²) in [4.78, 5) is 9.25. The molecule has 0 amide bonds. The normalized spacial score (nSPS) is 11.3. The van der Waals surface area contributed by atoms with Crippen molar-refractivity contribution in [2.24, 2.45) is 9.98 Å². The second kappa shape index (κ2) is 28.9. The van der Waals surface area contributed by atoms with E-state index in [2.05, 4.69) is 23.8 Å². The van der Waals surface area contributed by atoms with Gasteiger partial charge in [0.25, 0.3) is 0 Å². The zero-order valence-electron chi connectivity index (χ0n) is 26.6. The average molecular weight is 614 g/mol. The first-order chi connectivity index (χ1) is 20.4. The average Bonchev–Trinajstić information content (AvgIpc) is 3.01. The Labute approximate surface area is 269 Å². The molecule has 234 valence electrons. The summed E-state index contributed by atoms with van der Waals surface area (Å²) < 4.78 is 0. The summed E-state index contributed by atoms with van der Waals surface area (Å²) in [6.45, 7) is 2.30. The van der Waals surface area contributed by atoms with Gasteiger partial charge in [-0.25, -0.2) is 4.99 Å². The second-order valence-electron chi connectivity index (χ2n) is 11.5. The van der Waals surface area contributed by atoms with Crippen LogP contribution in [0.1, 0.15) is 148 Å². The van der Waals surface area contributed by atoms with Crippen LogP contribution in [0.3, 0.4) is 0 Å². The predicted molar refractivity (Wildman–Crippen MR) is 183 cm³/mol. The Balaban J connectivity index is 0.00000882. The second-order valence-corrected chi connectivity index (χ2v) is 11.5. The molecular formula is C39H58N2Ni. The van der Waals surface area contributed by atoms with Crippen LogP contribution < -0.4 is 0 Å². The number of nitrogens with zero attached hydrogens (tertiary/aromatic N) is 2. The standard InChI is InChI=1S/C39H58N2.Ni/c1-2-3-4-5-6-7-8-9-10-11-12-13-14-15-16-17-18-19-20-21-22-23-26-35-39(41-38-33-29-25-30-34-38)36-40-37-31-27-24-28-32-37;/h24-25,27-34,36H,2-23H2,1H3;/b40-36+,41-39+;. The minimum Gasteiger partial charge on any atom is -0.254 e. The maximum absolute atomic E-state index is 4.69. The number of aliphatic imine (C=N–C) groups is 2. The molecule has 0 aliphatic rings. The molecule has 0 atom stereocenters. The number of unbranched alkanes of at least 4 members (excludes halogenated alkanes) is 21. The molecule has 42 heavy (non-hydrogen) atoms. The van der Waals surface area contributed by atoms with E-state index in [1.54, 1.807) is 6.21 Å². The molecule has 2 aromatic carbocycles.